The minimum Gasteiger partial charge on any atom is -0.309 e. The Hall–Kier alpha value is -7.95. The molecule has 0 aliphatic heterocycles. The summed E-state index contributed by atoms with van der Waals surface area (Å²) in [4.78, 5) is 15.4. The summed E-state index contributed by atoms with van der Waals surface area (Å²) < 4.78 is 2.33. The third-order valence-corrected chi connectivity index (χ3v) is 11.2. The minimum absolute atomic E-state index is 0.619. The Morgan fingerprint density at radius 2 is 0.729 bits per heavy atom. The van der Waals surface area contributed by atoms with E-state index in [4.69, 9.17) is 15.0 Å². The summed E-state index contributed by atoms with van der Waals surface area (Å²) in [5.74, 6) is 1.87. The molecular weight excluding hydrogens is 717 g/mol. The van der Waals surface area contributed by atoms with Gasteiger partial charge in [0.05, 0.1) is 11.0 Å². The number of fused-ring (bicyclic) bond motifs is 4. The zero-order chi connectivity index (χ0) is 39.1. The van der Waals surface area contributed by atoms with Crippen LogP contribution in [0.1, 0.15) is 0 Å². The summed E-state index contributed by atoms with van der Waals surface area (Å²) in [7, 11) is 0. The Labute approximate surface area is 342 Å². The van der Waals surface area contributed by atoms with Crippen LogP contribution in [-0.4, -0.2) is 19.5 Å². The van der Waals surface area contributed by atoms with E-state index in [9.17, 15) is 0 Å². The molecule has 276 valence electrons. The molecule has 0 fully saturated rings. The highest BCUT2D eigenvalue weighted by Crippen LogP contribution is 2.39. The first-order valence-electron chi connectivity index (χ1n) is 19.9. The Balaban J connectivity index is 1.03. The zero-order valence-electron chi connectivity index (χ0n) is 32.1. The first kappa shape index (κ1) is 34.3. The van der Waals surface area contributed by atoms with Gasteiger partial charge in [0.25, 0.3) is 0 Å². The van der Waals surface area contributed by atoms with Gasteiger partial charge in [-0.15, -0.1) is 0 Å². The van der Waals surface area contributed by atoms with Crippen LogP contribution in [0.4, 0.5) is 0 Å². The van der Waals surface area contributed by atoms with E-state index in [0.29, 0.717) is 17.5 Å². The van der Waals surface area contributed by atoms with Crippen LogP contribution in [0, 0.1) is 0 Å². The molecule has 0 saturated heterocycles. The summed E-state index contributed by atoms with van der Waals surface area (Å²) in [6.07, 6.45) is 0. The standard InChI is InChI=1S/C55H36N4/c1-3-15-37(16-4-1)38-31-33-39(34-32-38)46-27-13-19-40-20-14-28-47(52(40)46)42-21-11-22-43(35-42)54-56-53(41-17-5-2-6-18-41)57-55(58-54)44-23-12-24-45(36-44)59-50-29-9-7-25-48(50)49-26-8-10-30-51(49)59/h1-36H. The molecular formula is C55H36N4. The predicted octanol–water partition coefficient (Wildman–Crippen LogP) is 14.1. The van der Waals surface area contributed by atoms with Gasteiger partial charge in [0.2, 0.25) is 0 Å². The third-order valence-electron chi connectivity index (χ3n) is 11.2. The second-order valence-corrected chi connectivity index (χ2v) is 14.8. The van der Waals surface area contributed by atoms with Crippen molar-refractivity contribution in [2.45, 2.75) is 0 Å². The molecule has 0 atom stereocenters. The Bertz CT molecular complexity index is 3250. The molecule has 0 aliphatic carbocycles. The van der Waals surface area contributed by atoms with Gasteiger partial charge in [-0.25, -0.2) is 15.0 Å². The SMILES string of the molecule is c1ccc(-c2ccc(-c3cccc4cccc(-c5cccc(-c6nc(-c7ccccc7)nc(-c7cccc(-n8c9ccccc9c9ccccc98)c7)n6)c5)c34)cc2)cc1. The van der Waals surface area contributed by atoms with Gasteiger partial charge < -0.3 is 4.57 Å². The largest absolute Gasteiger partial charge is 0.309 e. The minimum atomic E-state index is 0.619. The molecule has 0 amide bonds. The van der Waals surface area contributed by atoms with Crippen LogP contribution in [0.3, 0.4) is 0 Å². The molecule has 2 aromatic heterocycles. The third kappa shape index (κ3) is 6.24. The van der Waals surface area contributed by atoms with E-state index in [1.807, 2.05) is 18.2 Å². The van der Waals surface area contributed by atoms with Crippen molar-refractivity contribution in [1.29, 1.82) is 0 Å². The molecule has 4 nitrogen and oxygen atoms in total. The Kier molecular flexibility index (Phi) is 8.45. The summed E-state index contributed by atoms with van der Waals surface area (Å²) in [5, 5.41) is 4.85. The molecule has 0 aliphatic rings. The van der Waals surface area contributed by atoms with E-state index in [1.54, 1.807) is 0 Å². The van der Waals surface area contributed by atoms with Crippen LogP contribution in [0.5, 0.6) is 0 Å². The molecule has 0 bridgehead atoms. The van der Waals surface area contributed by atoms with Crippen LogP contribution in [0.2, 0.25) is 0 Å². The average Bonchev–Trinajstić information content (AvgIpc) is 3.66. The van der Waals surface area contributed by atoms with Crippen molar-refractivity contribution in [2.24, 2.45) is 0 Å². The maximum Gasteiger partial charge on any atom is 0.164 e. The highest BCUT2D eigenvalue weighted by Gasteiger charge is 2.17. The molecule has 11 rings (SSSR count). The van der Waals surface area contributed by atoms with Gasteiger partial charge in [-0.1, -0.05) is 188 Å². The van der Waals surface area contributed by atoms with Gasteiger partial charge in [-0.05, 0) is 74.5 Å². The molecule has 0 radical (unpaired) electrons. The molecule has 4 heteroatoms. The molecule has 9 aromatic carbocycles. The van der Waals surface area contributed by atoms with Crippen molar-refractivity contribution in [3.63, 3.8) is 0 Å². The number of benzene rings is 9. The molecule has 0 N–H and O–H groups in total. The smallest absolute Gasteiger partial charge is 0.164 e. The molecule has 0 saturated carbocycles. The van der Waals surface area contributed by atoms with E-state index >= 15 is 0 Å². The number of para-hydroxylation sites is 2. The van der Waals surface area contributed by atoms with E-state index in [0.717, 1.165) is 44.5 Å². The van der Waals surface area contributed by atoms with E-state index < -0.39 is 0 Å². The second-order valence-electron chi connectivity index (χ2n) is 14.8. The van der Waals surface area contributed by atoms with Gasteiger partial charge in [0.1, 0.15) is 0 Å². The van der Waals surface area contributed by atoms with Crippen molar-refractivity contribution in [3.05, 3.63) is 218 Å². The number of hydrogen-bond acceptors (Lipinski definition) is 3. The lowest BCUT2D eigenvalue weighted by atomic mass is 9.90. The normalized spacial score (nSPS) is 11.4. The lowest BCUT2D eigenvalue weighted by Gasteiger charge is -2.14. The quantitative estimate of drug-likeness (QED) is 0.163. The van der Waals surface area contributed by atoms with Crippen LogP contribution < -0.4 is 0 Å². The second kappa shape index (κ2) is 14.5. The van der Waals surface area contributed by atoms with Gasteiger partial charge in [-0.3, -0.25) is 0 Å². The maximum absolute atomic E-state index is 5.21. The molecule has 59 heavy (non-hydrogen) atoms. The van der Waals surface area contributed by atoms with Gasteiger partial charge in [0, 0.05) is 33.2 Å². The van der Waals surface area contributed by atoms with Crippen molar-refractivity contribution >= 4 is 32.6 Å². The number of rotatable bonds is 7. The highest BCUT2D eigenvalue weighted by atomic mass is 15.0. The number of hydrogen-bond donors (Lipinski definition) is 0. The number of nitrogens with zero attached hydrogens (tertiary/aromatic N) is 4. The van der Waals surface area contributed by atoms with Crippen molar-refractivity contribution < 1.29 is 0 Å². The highest BCUT2D eigenvalue weighted by molar-refractivity contribution is 6.09. The van der Waals surface area contributed by atoms with Crippen LogP contribution in [0.15, 0.2) is 218 Å². The van der Waals surface area contributed by atoms with Gasteiger partial charge in [-0.2, -0.15) is 0 Å². The number of aromatic nitrogens is 4. The maximum atomic E-state index is 5.21. The van der Waals surface area contributed by atoms with Crippen LogP contribution in [-0.2, 0) is 0 Å². The topological polar surface area (TPSA) is 43.6 Å². The fourth-order valence-electron chi connectivity index (χ4n) is 8.46. The first-order chi connectivity index (χ1) is 29.2. The Morgan fingerprint density at radius 3 is 1.37 bits per heavy atom. The van der Waals surface area contributed by atoms with Crippen molar-refractivity contribution in [2.75, 3.05) is 0 Å². The first-order valence-corrected chi connectivity index (χ1v) is 19.9. The fraction of sp³-hybridized carbons (Fsp3) is 0. The molecule has 2 heterocycles. The summed E-state index contributed by atoms with van der Waals surface area (Å²) >= 11 is 0. The summed E-state index contributed by atoms with van der Waals surface area (Å²) in [6.45, 7) is 0. The van der Waals surface area contributed by atoms with E-state index in [1.165, 1.54) is 43.8 Å². The van der Waals surface area contributed by atoms with Crippen LogP contribution in [0.25, 0.3) is 106 Å². The summed E-state index contributed by atoms with van der Waals surface area (Å²) in [5.41, 5.74) is 13.2. The van der Waals surface area contributed by atoms with Gasteiger partial charge >= 0.3 is 0 Å². The van der Waals surface area contributed by atoms with Crippen molar-refractivity contribution in [3.8, 4) is 73.2 Å². The average molecular weight is 753 g/mol. The molecule has 11 aromatic rings. The fourth-order valence-corrected chi connectivity index (χ4v) is 8.46. The predicted molar refractivity (Wildman–Crippen MR) is 244 cm³/mol. The molecule has 0 spiro atoms. The zero-order valence-corrected chi connectivity index (χ0v) is 32.1. The lowest BCUT2D eigenvalue weighted by molar-refractivity contribution is 1.07. The van der Waals surface area contributed by atoms with Crippen molar-refractivity contribution in [1.82, 2.24) is 19.5 Å². The van der Waals surface area contributed by atoms with E-state index in [-0.39, 0.29) is 0 Å². The van der Waals surface area contributed by atoms with Crippen LogP contribution >= 0.6 is 0 Å². The molecule has 0 unspecified atom stereocenters. The van der Waals surface area contributed by atoms with E-state index in [2.05, 4.69) is 205 Å². The van der Waals surface area contributed by atoms with Gasteiger partial charge in [0.15, 0.2) is 17.5 Å². The lowest BCUT2D eigenvalue weighted by Crippen LogP contribution is -2.01. The Morgan fingerprint density at radius 1 is 0.288 bits per heavy atom. The monoisotopic (exact) mass is 752 g/mol. The summed E-state index contributed by atoms with van der Waals surface area (Å²) in [6, 6.07) is 77.0.